The van der Waals surface area contributed by atoms with Gasteiger partial charge in [0.1, 0.15) is 16.5 Å². The highest BCUT2D eigenvalue weighted by molar-refractivity contribution is 7.07. The number of rotatable bonds is 6. The Kier molecular flexibility index (Phi) is 7.40. The van der Waals surface area contributed by atoms with E-state index in [0.29, 0.717) is 17.1 Å². The van der Waals surface area contributed by atoms with Gasteiger partial charge in [0.15, 0.2) is 5.57 Å². The fourth-order valence-corrected chi connectivity index (χ4v) is 4.21. The van der Waals surface area contributed by atoms with Crippen molar-refractivity contribution in [1.82, 2.24) is 9.88 Å². The van der Waals surface area contributed by atoms with E-state index in [-0.39, 0.29) is 20.5 Å². The average molecular weight is 456 g/mol. The number of hydrogen-bond donors (Lipinski definition) is 1. The summed E-state index contributed by atoms with van der Waals surface area (Å²) in [4.78, 5) is 25.9. The maximum Gasteiger partial charge on any atom is 0.273 e. The Labute approximate surface area is 187 Å². The van der Waals surface area contributed by atoms with Crippen LogP contribution < -0.4 is 20.1 Å². The van der Waals surface area contributed by atoms with Gasteiger partial charge in [-0.15, -0.1) is 11.3 Å². The fraction of sp³-hybridized carbons (Fsp3) is 0.174. The van der Waals surface area contributed by atoms with Crippen LogP contribution in [0, 0.1) is 17.1 Å². The molecule has 1 aromatic heterocycles. The van der Waals surface area contributed by atoms with Crippen molar-refractivity contribution in [2.24, 2.45) is 0 Å². The second kappa shape index (κ2) is 10.2. The van der Waals surface area contributed by atoms with Gasteiger partial charge in [-0.3, -0.25) is 14.2 Å². The molecule has 0 fully saturated rings. The normalized spacial score (nSPS) is 12.4. The molecular weight excluding hydrogens is 437 g/mol. The van der Waals surface area contributed by atoms with E-state index in [9.17, 15) is 19.2 Å². The lowest BCUT2D eigenvalue weighted by atomic mass is 10.2. The van der Waals surface area contributed by atoms with Gasteiger partial charge in [-0.25, -0.2) is 4.39 Å². The number of nitrogens with zero attached hydrogens (tertiary/aromatic N) is 2. The fourth-order valence-electron chi connectivity index (χ4n) is 2.91. The molecule has 3 aromatic rings. The van der Waals surface area contributed by atoms with Crippen molar-refractivity contribution in [1.29, 1.82) is 5.26 Å². The summed E-state index contributed by atoms with van der Waals surface area (Å²) >= 11 is 6.98. The van der Waals surface area contributed by atoms with E-state index in [1.165, 1.54) is 18.2 Å². The van der Waals surface area contributed by atoms with Crippen LogP contribution >= 0.6 is 22.9 Å². The number of aromatic nitrogens is 1. The first kappa shape index (κ1) is 22.5. The first-order valence-corrected chi connectivity index (χ1v) is 10.8. The third-order valence-electron chi connectivity index (χ3n) is 4.43. The predicted molar refractivity (Wildman–Crippen MR) is 121 cm³/mol. The monoisotopic (exact) mass is 455 g/mol. The lowest BCUT2D eigenvalue weighted by Crippen LogP contribution is -2.34. The molecule has 0 saturated carbocycles. The molecule has 0 aliphatic rings. The van der Waals surface area contributed by atoms with E-state index in [0.717, 1.165) is 28.7 Å². The number of unbranched alkanes of at least 4 members (excludes halogenated alkanes) is 1. The van der Waals surface area contributed by atoms with Crippen molar-refractivity contribution in [2.45, 2.75) is 19.8 Å². The van der Waals surface area contributed by atoms with E-state index < -0.39 is 17.3 Å². The van der Waals surface area contributed by atoms with Crippen LogP contribution in [0.3, 0.4) is 0 Å². The largest absolute Gasteiger partial charge is 0.351 e. The quantitative estimate of drug-likeness (QED) is 0.580. The average Bonchev–Trinajstić information content (AvgIpc) is 3.05. The summed E-state index contributed by atoms with van der Waals surface area (Å²) in [6.45, 7) is 2.38. The van der Waals surface area contributed by atoms with Gasteiger partial charge in [0.2, 0.25) is 0 Å². The van der Waals surface area contributed by atoms with Crippen molar-refractivity contribution in [2.75, 3.05) is 6.54 Å². The molecule has 0 aliphatic carbocycles. The molecule has 0 saturated heterocycles. The molecule has 2 aromatic carbocycles. The summed E-state index contributed by atoms with van der Waals surface area (Å²) in [7, 11) is 0. The lowest BCUT2D eigenvalue weighted by Gasteiger charge is -2.06. The zero-order chi connectivity index (χ0) is 22.4. The van der Waals surface area contributed by atoms with Gasteiger partial charge in [-0.2, -0.15) is 5.26 Å². The number of nitrogens with one attached hydrogen (secondary N) is 1. The molecule has 3 rings (SSSR count). The Hall–Kier alpha value is -3.21. The van der Waals surface area contributed by atoms with Crippen molar-refractivity contribution in [3.63, 3.8) is 0 Å². The molecular formula is C23H19ClFN3O2S. The summed E-state index contributed by atoms with van der Waals surface area (Å²) in [5.74, 6) is -1.24. The molecule has 0 radical (unpaired) electrons. The van der Waals surface area contributed by atoms with Gasteiger partial charge in [0, 0.05) is 11.6 Å². The van der Waals surface area contributed by atoms with Gasteiger partial charge >= 0.3 is 0 Å². The first-order valence-electron chi connectivity index (χ1n) is 9.63. The van der Waals surface area contributed by atoms with Crippen LogP contribution in [0.25, 0.3) is 17.3 Å². The minimum absolute atomic E-state index is 0.0291. The van der Waals surface area contributed by atoms with Crippen LogP contribution in [0.2, 0.25) is 5.02 Å². The molecule has 0 bridgehead atoms. The summed E-state index contributed by atoms with van der Waals surface area (Å²) in [5.41, 5.74) is -0.131. The molecule has 5 nitrogen and oxygen atoms in total. The number of amides is 1. The van der Waals surface area contributed by atoms with Crippen LogP contribution in [0.1, 0.15) is 25.3 Å². The number of thiazole rings is 1. The van der Waals surface area contributed by atoms with Crippen molar-refractivity contribution in [3.05, 3.63) is 84.5 Å². The number of para-hydroxylation sites is 1. The van der Waals surface area contributed by atoms with E-state index in [4.69, 9.17) is 11.6 Å². The molecule has 0 aliphatic heterocycles. The maximum atomic E-state index is 14.6. The first-order chi connectivity index (χ1) is 15.0. The highest BCUT2D eigenvalue weighted by atomic mass is 35.5. The van der Waals surface area contributed by atoms with Gasteiger partial charge in [-0.1, -0.05) is 49.2 Å². The number of carbonyl (C=O) groups is 1. The number of hydrogen-bond acceptors (Lipinski definition) is 4. The number of benzene rings is 2. The Morgan fingerprint density at radius 3 is 2.74 bits per heavy atom. The Bertz CT molecular complexity index is 1340. The molecule has 0 unspecified atom stereocenters. The second-order valence-corrected chi connectivity index (χ2v) is 8.13. The lowest BCUT2D eigenvalue weighted by molar-refractivity contribution is -0.115. The van der Waals surface area contributed by atoms with Gasteiger partial charge in [0.25, 0.3) is 11.5 Å². The van der Waals surface area contributed by atoms with Crippen LogP contribution in [-0.4, -0.2) is 17.0 Å². The standard InChI is InChI=1S/C23H19ClFN3O2S/c1-2-3-11-27-21(29)17(14-26)23-28(19-10-5-4-9-18(19)25)22(30)20(31-23)13-15-7-6-8-16(24)12-15/h4-10,12-13H,2-3,11H2,1H3,(H,27,29)/b20-13-,23-17-. The van der Waals surface area contributed by atoms with E-state index in [2.05, 4.69) is 5.32 Å². The third-order valence-corrected chi connectivity index (χ3v) is 5.76. The Morgan fingerprint density at radius 2 is 2.06 bits per heavy atom. The maximum absolute atomic E-state index is 14.6. The van der Waals surface area contributed by atoms with E-state index >= 15 is 0 Å². The molecule has 8 heteroatoms. The SMILES string of the molecule is CCCCNC(=O)/C(C#N)=c1\s/c(=C\c2cccc(Cl)c2)c(=O)n1-c1ccccc1F. The zero-order valence-corrected chi connectivity index (χ0v) is 18.3. The highest BCUT2D eigenvalue weighted by Crippen LogP contribution is 2.12. The van der Waals surface area contributed by atoms with Crippen molar-refractivity contribution in [3.8, 4) is 11.8 Å². The third kappa shape index (κ3) is 5.10. The Balaban J connectivity index is 2.32. The summed E-state index contributed by atoms with van der Waals surface area (Å²) < 4.78 is 16.0. The minimum Gasteiger partial charge on any atom is -0.351 e. The van der Waals surface area contributed by atoms with Crippen LogP contribution in [0.5, 0.6) is 0 Å². The molecule has 1 N–H and O–H groups in total. The molecule has 0 spiro atoms. The molecule has 31 heavy (non-hydrogen) atoms. The van der Waals surface area contributed by atoms with Gasteiger partial charge in [0.05, 0.1) is 10.2 Å². The van der Waals surface area contributed by atoms with Crippen LogP contribution in [0.15, 0.2) is 53.3 Å². The number of nitriles is 1. The summed E-state index contributed by atoms with van der Waals surface area (Å²) in [6.07, 6.45) is 3.23. The smallest absolute Gasteiger partial charge is 0.273 e. The Morgan fingerprint density at radius 1 is 1.29 bits per heavy atom. The number of carbonyl (C=O) groups excluding carboxylic acids is 1. The predicted octanol–water partition coefficient (Wildman–Crippen LogP) is 3.11. The van der Waals surface area contributed by atoms with E-state index in [1.807, 2.05) is 13.0 Å². The second-order valence-electron chi connectivity index (χ2n) is 6.66. The molecule has 1 amide bonds. The van der Waals surface area contributed by atoms with Crippen molar-refractivity contribution >= 4 is 40.5 Å². The molecule has 158 valence electrons. The van der Waals surface area contributed by atoms with Gasteiger partial charge < -0.3 is 5.32 Å². The van der Waals surface area contributed by atoms with E-state index in [1.54, 1.807) is 36.4 Å². The zero-order valence-electron chi connectivity index (χ0n) is 16.7. The van der Waals surface area contributed by atoms with Gasteiger partial charge in [-0.05, 0) is 42.3 Å². The molecule has 0 atom stereocenters. The minimum atomic E-state index is -0.637. The molecule has 1 heterocycles. The van der Waals surface area contributed by atoms with Crippen LogP contribution in [-0.2, 0) is 4.79 Å². The van der Waals surface area contributed by atoms with Crippen LogP contribution in [0.4, 0.5) is 4.39 Å². The highest BCUT2D eigenvalue weighted by Gasteiger charge is 2.18. The van der Waals surface area contributed by atoms with Crippen molar-refractivity contribution < 1.29 is 9.18 Å². The number of halogens is 2. The summed E-state index contributed by atoms with van der Waals surface area (Å²) in [6, 6.07) is 14.5. The topological polar surface area (TPSA) is 74.9 Å². The summed E-state index contributed by atoms with van der Waals surface area (Å²) in [5, 5.41) is 12.9.